The third kappa shape index (κ3) is 5.48. The van der Waals surface area contributed by atoms with E-state index < -0.39 is 0 Å². The molecule has 112 valence electrons. The number of benzene rings is 1. The van der Waals surface area contributed by atoms with Gasteiger partial charge >= 0.3 is 5.97 Å². The topological polar surface area (TPSA) is 56.8 Å². The van der Waals surface area contributed by atoms with Crippen molar-refractivity contribution in [2.45, 2.75) is 26.8 Å². The van der Waals surface area contributed by atoms with E-state index >= 15 is 0 Å². The molecule has 0 fully saturated rings. The molecule has 0 amide bonds. The average Bonchev–Trinajstić information content (AvgIpc) is 2.45. The van der Waals surface area contributed by atoms with Crippen molar-refractivity contribution >= 4 is 5.97 Å². The van der Waals surface area contributed by atoms with Crippen molar-refractivity contribution in [3.8, 4) is 11.5 Å². The Morgan fingerprint density at radius 1 is 1.25 bits per heavy atom. The van der Waals surface area contributed by atoms with Gasteiger partial charge in [-0.1, -0.05) is 13.0 Å². The molecule has 0 spiro atoms. The van der Waals surface area contributed by atoms with E-state index in [-0.39, 0.29) is 12.6 Å². The fourth-order valence-electron chi connectivity index (χ4n) is 1.65. The van der Waals surface area contributed by atoms with Crippen LogP contribution in [-0.2, 0) is 16.1 Å². The van der Waals surface area contributed by atoms with E-state index in [1.807, 2.05) is 32.2 Å². The van der Waals surface area contributed by atoms with E-state index in [4.69, 9.17) is 14.2 Å². The minimum absolute atomic E-state index is 0.0955. The second-order valence-corrected chi connectivity index (χ2v) is 4.24. The lowest BCUT2D eigenvalue weighted by molar-refractivity contribution is -0.145. The Kier molecular flexibility index (Phi) is 7.50. The first kappa shape index (κ1) is 16.3. The predicted molar refractivity (Wildman–Crippen MR) is 77.1 cm³/mol. The normalized spacial score (nSPS) is 10.2. The van der Waals surface area contributed by atoms with Gasteiger partial charge in [0, 0.05) is 18.2 Å². The molecule has 5 nitrogen and oxygen atoms in total. The molecule has 0 aromatic heterocycles. The summed E-state index contributed by atoms with van der Waals surface area (Å²) in [4.78, 5) is 11.3. The van der Waals surface area contributed by atoms with Crippen LogP contribution in [0.15, 0.2) is 18.2 Å². The van der Waals surface area contributed by atoms with Gasteiger partial charge in [0.1, 0.15) is 11.5 Å². The van der Waals surface area contributed by atoms with Crippen LogP contribution < -0.4 is 14.8 Å². The molecule has 0 heterocycles. The number of rotatable bonds is 9. The first-order chi connectivity index (χ1) is 9.71. The number of esters is 1. The van der Waals surface area contributed by atoms with Gasteiger partial charge in [-0.2, -0.15) is 0 Å². The molecule has 20 heavy (non-hydrogen) atoms. The standard InChI is InChI=1S/C15H23NO4/c1-4-8-19-13-7-6-12(10-16-3)14(9-13)20-11-15(17)18-5-2/h6-7,9,16H,4-5,8,10-11H2,1-3H3. The Bertz CT molecular complexity index is 420. The summed E-state index contributed by atoms with van der Waals surface area (Å²) in [5.74, 6) is 1.01. The molecule has 0 saturated heterocycles. The van der Waals surface area contributed by atoms with Crippen molar-refractivity contribution in [3.05, 3.63) is 23.8 Å². The third-order valence-corrected chi connectivity index (χ3v) is 2.53. The molecule has 0 aliphatic carbocycles. The summed E-state index contributed by atoms with van der Waals surface area (Å²) in [5, 5.41) is 3.06. The second-order valence-electron chi connectivity index (χ2n) is 4.24. The Labute approximate surface area is 120 Å². The Morgan fingerprint density at radius 2 is 2.05 bits per heavy atom. The first-order valence-electron chi connectivity index (χ1n) is 6.90. The van der Waals surface area contributed by atoms with Crippen LogP contribution in [0, 0.1) is 0 Å². The number of ether oxygens (including phenoxy) is 3. The van der Waals surface area contributed by atoms with E-state index in [0.29, 0.717) is 25.5 Å². The van der Waals surface area contributed by atoms with E-state index in [1.54, 1.807) is 6.92 Å². The van der Waals surface area contributed by atoms with E-state index in [1.165, 1.54) is 0 Å². The molecule has 1 N–H and O–H groups in total. The Hall–Kier alpha value is -1.75. The molecule has 1 aromatic rings. The lowest BCUT2D eigenvalue weighted by Gasteiger charge is -2.13. The monoisotopic (exact) mass is 281 g/mol. The molecule has 0 unspecified atom stereocenters. The molecule has 0 saturated carbocycles. The summed E-state index contributed by atoms with van der Waals surface area (Å²) in [6.45, 7) is 5.39. The van der Waals surface area contributed by atoms with Gasteiger partial charge in [0.25, 0.3) is 0 Å². The zero-order valence-electron chi connectivity index (χ0n) is 12.4. The SMILES string of the molecule is CCCOc1ccc(CNC)c(OCC(=O)OCC)c1. The predicted octanol–water partition coefficient (Wildman–Crippen LogP) is 2.14. The number of hydrogen-bond donors (Lipinski definition) is 1. The van der Waals surface area contributed by atoms with Crippen LogP contribution in [0.2, 0.25) is 0 Å². The van der Waals surface area contributed by atoms with Crippen molar-refractivity contribution in [1.29, 1.82) is 0 Å². The molecule has 0 radical (unpaired) electrons. The molecule has 0 bridgehead atoms. The number of carbonyl (C=O) groups is 1. The highest BCUT2D eigenvalue weighted by molar-refractivity contribution is 5.71. The zero-order valence-corrected chi connectivity index (χ0v) is 12.4. The lowest BCUT2D eigenvalue weighted by atomic mass is 10.2. The molecule has 0 aliphatic rings. The molecular formula is C15H23NO4. The van der Waals surface area contributed by atoms with Crippen LogP contribution in [0.25, 0.3) is 0 Å². The molecule has 0 aliphatic heterocycles. The molecule has 5 heteroatoms. The van der Waals surface area contributed by atoms with Gasteiger partial charge in [-0.25, -0.2) is 4.79 Å². The van der Waals surface area contributed by atoms with Crippen molar-refractivity contribution < 1.29 is 19.0 Å². The number of nitrogens with one attached hydrogen (secondary N) is 1. The zero-order chi connectivity index (χ0) is 14.8. The number of hydrogen-bond acceptors (Lipinski definition) is 5. The fourth-order valence-corrected chi connectivity index (χ4v) is 1.65. The van der Waals surface area contributed by atoms with Gasteiger partial charge in [-0.3, -0.25) is 0 Å². The van der Waals surface area contributed by atoms with Crippen molar-refractivity contribution in [2.75, 3.05) is 26.9 Å². The van der Waals surface area contributed by atoms with Crippen LogP contribution in [0.5, 0.6) is 11.5 Å². The molecular weight excluding hydrogens is 258 g/mol. The van der Waals surface area contributed by atoms with E-state index in [2.05, 4.69) is 5.32 Å². The lowest BCUT2D eigenvalue weighted by Crippen LogP contribution is -2.16. The quantitative estimate of drug-likeness (QED) is 0.703. The van der Waals surface area contributed by atoms with Crippen molar-refractivity contribution in [3.63, 3.8) is 0 Å². The van der Waals surface area contributed by atoms with E-state index in [0.717, 1.165) is 17.7 Å². The summed E-state index contributed by atoms with van der Waals surface area (Å²) in [5.41, 5.74) is 0.973. The molecule has 1 rings (SSSR count). The Balaban J connectivity index is 2.74. The highest BCUT2D eigenvalue weighted by Gasteiger charge is 2.09. The smallest absolute Gasteiger partial charge is 0.344 e. The Morgan fingerprint density at radius 3 is 2.70 bits per heavy atom. The van der Waals surface area contributed by atoms with Gasteiger partial charge in [-0.05, 0) is 26.5 Å². The van der Waals surface area contributed by atoms with Gasteiger partial charge in [0.15, 0.2) is 6.61 Å². The average molecular weight is 281 g/mol. The van der Waals surface area contributed by atoms with Crippen molar-refractivity contribution in [1.82, 2.24) is 5.32 Å². The first-order valence-corrected chi connectivity index (χ1v) is 6.90. The largest absolute Gasteiger partial charge is 0.493 e. The van der Waals surface area contributed by atoms with Crippen LogP contribution in [-0.4, -0.2) is 32.8 Å². The van der Waals surface area contributed by atoms with E-state index in [9.17, 15) is 4.79 Å². The second kappa shape index (κ2) is 9.20. The van der Waals surface area contributed by atoms with Crippen LogP contribution in [0.3, 0.4) is 0 Å². The maximum Gasteiger partial charge on any atom is 0.344 e. The summed E-state index contributed by atoms with van der Waals surface area (Å²) in [6.07, 6.45) is 0.942. The van der Waals surface area contributed by atoms with Crippen LogP contribution in [0.4, 0.5) is 0 Å². The number of carbonyl (C=O) groups excluding carboxylic acids is 1. The summed E-state index contributed by atoms with van der Waals surface area (Å²) in [6, 6.07) is 5.64. The minimum Gasteiger partial charge on any atom is -0.493 e. The van der Waals surface area contributed by atoms with Gasteiger partial charge in [-0.15, -0.1) is 0 Å². The van der Waals surface area contributed by atoms with Crippen LogP contribution in [0.1, 0.15) is 25.8 Å². The van der Waals surface area contributed by atoms with Crippen LogP contribution >= 0.6 is 0 Å². The summed E-state index contributed by atoms with van der Waals surface area (Å²) < 4.78 is 15.9. The fraction of sp³-hybridized carbons (Fsp3) is 0.533. The molecule has 1 aromatic carbocycles. The summed E-state index contributed by atoms with van der Waals surface area (Å²) >= 11 is 0. The molecule has 0 atom stereocenters. The third-order valence-electron chi connectivity index (χ3n) is 2.53. The van der Waals surface area contributed by atoms with Crippen molar-refractivity contribution in [2.24, 2.45) is 0 Å². The highest BCUT2D eigenvalue weighted by Crippen LogP contribution is 2.25. The maximum absolute atomic E-state index is 11.3. The van der Waals surface area contributed by atoms with Gasteiger partial charge in [0.2, 0.25) is 0 Å². The highest BCUT2D eigenvalue weighted by atomic mass is 16.6. The van der Waals surface area contributed by atoms with Gasteiger partial charge in [0.05, 0.1) is 13.2 Å². The van der Waals surface area contributed by atoms with Gasteiger partial charge < -0.3 is 19.5 Å². The minimum atomic E-state index is -0.372. The maximum atomic E-state index is 11.3. The summed E-state index contributed by atoms with van der Waals surface area (Å²) in [7, 11) is 1.86.